The average molecular weight is 390 g/mol. The summed E-state index contributed by atoms with van der Waals surface area (Å²) in [5.74, 6) is -0.496. The molecule has 0 unspecified atom stereocenters. The molecule has 1 rings (SSSR count). The van der Waals surface area contributed by atoms with Crippen molar-refractivity contribution in [2.75, 3.05) is 37.4 Å². The molecule has 6 nitrogen and oxygen atoms in total. The van der Waals surface area contributed by atoms with Crippen LogP contribution in [-0.2, 0) is 19.6 Å². The molecule has 0 saturated carbocycles. The lowest BCUT2D eigenvalue weighted by Crippen LogP contribution is -2.41. The molecule has 124 valence electrons. The highest BCUT2D eigenvalue weighted by Gasteiger charge is 2.24. The first-order valence-electron chi connectivity index (χ1n) is 6.04. The highest BCUT2D eigenvalue weighted by Crippen LogP contribution is 2.35. The minimum atomic E-state index is -3.74. The number of sulfonamides is 1. The fraction of sp³-hybridized carbons (Fsp3) is 0.417. The average Bonchev–Trinajstić information content (AvgIpc) is 2.40. The third kappa shape index (κ3) is 5.48. The SMILES string of the molecule is COCCNC(=O)CN(c1cc(Cl)c(Cl)cc1Cl)S(C)(=O)=O. The van der Waals surface area contributed by atoms with Crippen LogP contribution >= 0.6 is 34.8 Å². The van der Waals surface area contributed by atoms with Gasteiger partial charge in [0.2, 0.25) is 15.9 Å². The third-order valence-corrected chi connectivity index (χ3v) is 4.73. The molecule has 0 bridgehead atoms. The summed E-state index contributed by atoms with van der Waals surface area (Å²) in [7, 11) is -2.25. The number of nitrogens with zero attached hydrogens (tertiary/aromatic N) is 1. The van der Waals surface area contributed by atoms with Gasteiger partial charge in [-0.1, -0.05) is 34.8 Å². The van der Waals surface area contributed by atoms with Crippen LogP contribution in [0.1, 0.15) is 0 Å². The Morgan fingerprint density at radius 2 is 1.82 bits per heavy atom. The van der Waals surface area contributed by atoms with Crippen molar-refractivity contribution in [2.24, 2.45) is 0 Å². The van der Waals surface area contributed by atoms with Crippen LogP contribution in [0.2, 0.25) is 15.1 Å². The number of halogens is 3. The molecule has 0 aliphatic heterocycles. The smallest absolute Gasteiger partial charge is 0.240 e. The molecular formula is C12H15Cl3N2O4S. The van der Waals surface area contributed by atoms with Crippen molar-refractivity contribution in [3.05, 3.63) is 27.2 Å². The van der Waals surface area contributed by atoms with E-state index in [1.54, 1.807) is 0 Å². The lowest BCUT2D eigenvalue weighted by atomic mass is 10.3. The Morgan fingerprint density at radius 1 is 1.23 bits per heavy atom. The molecule has 0 aromatic heterocycles. The zero-order valence-electron chi connectivity index (χ0n) is 11.9. The quantitative estimate of drug-likeness (QED) is 0.573. The maximum atomic E-state index is 11.9. The van der Waals surface area contributed by atoms with Crippen molar-refractivity contribution >= 4 is 56.4 Å². The van der Waals surface area contributed by atoms with Gasteiger partial charge in [0.1, 0.15) is 6.54 Å². The molecule has 10 heteroatoms. The predicted molar refractivity (Wildman–Crippen MR) is 88.5 cm³/mol. The van der Waals surface area contributed by atoms with Gasteiger partial charge in [0.05, 0.1) is 33.6 Å². The topological polar surface area (TPSA) is 75.7 Å². The first kappa shape index (κ1) is 19.3. The van der Waals surface area contributed by atoms with Gasteiger partial charge in [-0.25, -0.2) is 8.42 Å². The molecule has 0 aliphatic carbocycles. The molecule has 0 heterocycles. The van der Waals surface area contributed by atoms with E-state index in [0.29, 0.717) is 6.61 Å². The first-order valence-corrected chi connectivity index (χ1v) is 9.03. The van der Waals surface area contributed by atoms with Crippen LogP contribution in [0.25, 0.3) is 0 Å². The van der Waals surface area contributed by atoms with E-state index in [-0.39, 0.29) is 27.3 Å². The molecule has 0 spiro atoms. The summed E-state index contributed by atoms with van der Waals surface area (Å²) in [6, 6.07) is 2.62. The highest BCUT2D eigenvalue weighted by atomic mass is 35.5. The van der Waals surface area contributed by atoms with E-state index in [9.17, 15) is 13.2 Å². The largest absolute Gasteiger partial charge is 0.383 e. The van der Waals surface area contributed by atoms with Gasteiger partial charge in [0.15, 0.2) is 0 Å². The van der Waals surface area contributed by atoms with Crippen LogP contribution in [0.4, 0.5) is 5.69 Å². The second kappa shape index (κ2) is 8.21. The summed E-state index contributed by atoms with van der Waals surface area (Å²) in [6.07, 6.45) is 0.967. The number of benzene rings is 1. The second-order valence-corrected chi connectivity index (χ2v) is 7.46. The molecule has 0 saturated heterocycles. The van der Waals surface area contributed by atoms with Crippen molar-refractivity contribution in [1.29, 1.82) is 0 Å². The number of carbonyl (C=O) groups excluding carboxylic acids is 1. The second-order valence-electron chi connectivity index (χ2n) is 4.33. The lowest BCUT2D eigenvalue weighted by molar-refractivity contribution is -0.119. The van der Waals surface area contributed by atoms with E-state index < -0.39 is 22.5 Å². The van der Waals surface area contributed by atoms with Crippen molar-refractivity contribution in [3.8, 4) is 0 Å². The number of rotatable bonds is 7. The van der Waals surface area contributed by atoms with E-state index in [1.807, 2.05) is 0 Å². The van der Waals surface area contributed by atoms with E-state index in [2.05, 4.69) is 5.32 Å². The Labute approximate surface area is 144 Å². The number of amides is 1. The Kier molecular flexibility index (Phi) is 7.21. The van der Waals surface area contributed by atoms with Gasteiger partial charge in [0.25, 0.3) is 0 Å². The Balaban J connectivity index is 3.05. The van der Waals surface area contributed by atoms with Gasteiger partial charge < -0.3 is 10.1 Å². The molecule has 1 aromatic carbocycles. The van der Waals surface area contributed by atoms with Crippen LogP contribution in [0.5, 0.6) is 0 Å². The fourth-order valence-corrected chi connectivity index (χ4v) is 3.12. The van der Waals surface area contributed by atoms with Crippen molar-refractivity contribution in [3.63, 3.8) is 0 Å². The highest BCUT2D eigenvalue weighted by molar-refractivity contribution is 7.92. The zero-order valence-corrected chi connectivity index (χ0v) is 15.0. The molecule has 0 aliphatic rings. The molecule has 1 aromatic rings. The normalized spacial score (nSPS) is 11.3. The summed E-state index contributed by atoms with van der Waals surface area (Å²) >= 11 is 17.7. The van der Waals surface area contributed by atoms with Crippen LogP contribution < -0.4 is 9.62 Å². The molecule has 0 radical (unpaired) electrons. The maximum absolute atomic E-state index is 11.9. The first-order chi connectivity index (χ1) is 10.2. The summed E-state index contributed by atoms with van der Waals surface area (Å²) in [6.45, 7) is 0.153. The Bertz CT molecular complexity index is 652. The van der Waals surface area contributed by atoms with Crippen LogP contribution in [0, 0.1) is 0 Å². The van der Waals surface area contributed by atoms with Gasteiger partial charge in [-0.05, 0) is 12.1 Å². The van der Waals surface area contributed by atoms with E-state index >= 15 is 0 Å². The molecule has 0 fully saturated rings. The van der Waals surface area contributed by atoms with Crippen LogP contribution in [0.3, 0.4) is 0 Å². The van der Waals surface area contributed by atoms with Crippen molar-refractivity contribution in [1.82, 2.24) is 5.32 Å². The minimum Gasteiger partial charge on any atom is -0.383 e. The summed E-state index contributed by atoms with van der Waals surface area (Å²) in [4.78, 5) is 11.8. The number of hydrogen-bond acceptors (Lipinski definition) is 4. The zero-order chi connectivity index (χ0) is 16.9. The van der Waals surface area contributed by atoms with Crippen molar-refractivity contribution in [2.45, 2.75) is 0 Å². The number of nitrogens with one attached hydrogen (secondary N) is 1. The molecule has 1 amide bonds. The van der Waals surface area contributed by atoms with Gasteiger partial charge in [0, 0.05) is 13.7 Å². The number of carbonyl (C=O) groups is 1. The number of methoxy groups -OCH3 is 1. The van der Waals surface area contributed by atoms with Gasteiger partial charge >= 0.3 is 0 Å². The Morgan fingerprint density at radius 3 is 2.36 bits per heavy atom. The molecule has 1 N–H and O–H groups in total. The maximum Gasteiger partial charge on any atom is 0.240 e. The van der Waals surface area contributed by atoms with Gasteiger partial charge in [-0.2, -0.15) is 0 Å². The minimum absolute atomic E-state index is 0.0736. The molecular weight excluding hydrogens is 375 g/mol. The predicted octanol–water partition coefficient (Wildman–Crippen LogP) is 2.18. The number of anilines is 1. The Hall–Kier alpha value is -0.730. The monoisotopic (exact) mass is 388 g/mol. The van der Waals surface area contributed by atoms with E-state index in [4.69, 9.17) is 39.5 Å². The lowest BCUT2D eigenvalue weighted by Gasteiger charge is -2.23. The van der Waals surface area contributed by atoms with Crippen LogP contribution in [-0.4, -0.2) is 47.4 Å². The number of hydrogen-bond donors (Lipinski definition) is 1. The summed E-state index contributed by atoms with van der Waals surface area (Å²) < 4.78 is 29.5. The summed E-state index contributed by atoms with van der Waals surface area (Å²) in [5, 5.41) is 2.92. The number of ether oxygens (including phenoxy) is 1. The fourth-order valence-electron chi connectivity index (χ4n) is 1.56. The molecule has 0 atom stereocenters. The standard InChI is InChI=1S/C12H15Cl3N2O4S/c1-21-4-3-16-12(18)7-17(22(2,19)20)11-6-9(14)8(13)5-10(11)15/h5-6H,3-4,7H2,1-2H3,(H,16,18). The van der Waals surface area contributed by atoms with Crippen molar-refractivity contribution < 1.29 is 17.9 Å². The third-order valence-electron chi connectivity index (χ3n) is 2.57. The summed E-state index contributed by atoms with van der Waals surface area (Å²) in [5.41, 5.74) is 0.0838. The van der Waals surface area contributed by atoms with E-state index in [1.165, 1.54) is 19.2 Å². The van der Waals surface area contributed by atoms with Crippen LogP contribution in [0.15, 0.2) is 12.1 Å². The molecule has 22 heavy (non-hydrogen) atoms. The van der Waals surface area contributed by atoms with Gasteiger partial charge in [-0.15, -0.1) is 0 Å². The van der Waals surface area contributed by atoms with E-state index in [0.717, 1.165) is 10.6 Å². The van der Waals surface area contributed by atoms with Gasteiger partial charge in [-0.3, -0.25) is 9.10 Å².